The molecule has 1 amide bonds. The second kappa shape index (κ2) is 10.8. The van der Waals surface area contributed by atoms with E-state index < -0.39 is 5.91 Å². The van der Waals surface area contributed by atoms with Crippen molar-refractivity contribution in [2.75, 3.05) is 39.8 Å². The van der Waals surface area contributed by atoms with Gasteiger partial charge in [-0.2, -0.15) is 9.61 Å². The Morgan fingerprint density at radius 1 is 1.22 bits per heavy atom. The summed E-state index contributed by atoms with van der Waals surface area (Å²) < 4.78 is 20.0. The van der Waals surface area contributed by atoms with Crippen LogP contribution in [-0.2, 0) is 14.2 Å². The molecule has 4 aromatic heterocycles. The number of carbonyl (C=O) groups excluding carboxylic acids is 1. The summed E-state index contributed by atoms with van der Waals surface area (Å²) in [6.45, 7) is 1.20. The largest absolute Gasteiger partial charge is 0.381 e. The molecule has 1 saturated heterocycles. The molecular formula is C26H33N7O4. The average molecular weight is 508 g/mol. The number of aromatic nitrogens is 5. The van der Waals surface area contributed by atoms with Crippen molar-refractivity contribution < 1.29 is 19.0 Å². The van der Waals surface area contributed by atoms with Gasteiger partial charge < -0.3 is 29.8 Å². The van der Waals surface area contributed by atoms with Crippen molar-refractivity contribution in [1.82, 2.24) is 24.1 Å². The molecule has 37 heavy (non-hydrogen) atoms. The predicted molar refractivity (Wildman–Crippen MR) is 140 cm³/mol. The molecule has 4 aromatic rings. The minimum absolute atomic E-state index is 0.0705. The van der Waals surface area contributed by atoms with E-state index in [4.69, 9.17) is 24.9 Å². The zero-order chi connectivity index (χ0) is 25.9. The summed E-state index contributed by atoms with van der Waals surface area (Å²) in [4.78, 5) is 21.3. The average Bonchev–Trinajstić information content (AvgIpc) is 3.50. The van der Waals surface area contributed by atoms with Crippen LogP contribution < -0.4 is 11.1 Å². The molecule has 6 rings (SSSR count). The van der Waals surface area contributed by atoms with E-state index in [0.717, 1.165) is 23.0 Å². The van der Waals surface area contributed by atoms with Gasteiger partial charge in [-0.1, -0.05) is 0 Å². The number of ether oxygens (including phenoxy) is 3. The van der Waals surface area contributed by atoms with Crippen molar-refractivity contribution in [2.45, 2.75) is 43.9 Å². The quantitative estimate of drug-likeness (QED) is 0.407. The Kier molecular flexibility index (Phi) is 7.36. The first-order chi connectivity index (χ1) is 18.0. The summed E-state index contributed by atoms with van der Waals surface area (Å²) >= 11 is 0. The van der Waals surface area contributed by atoms with Gasteiger partial charge in [0.1, 0.15) is 23.1 Å². The van der Waals surface area contributed by atoms with Crippen molar-refractivity contribution >= 4 is 28.4 Å². The lowest BCUT2D eigenvalue weighted by atomic mass is 9.96. The van der Waals surface area contributed by atoms with Crippen LogP contribution in [0.4, 0.5) is 5.82 Å². The number of pyridine rings is 1. The second-order valence-electron chi connectivity index (χ2n) is 9.25. The lowest BCUT2D eigenvalue weighted by Gasteiger charge is -2.31. The van der Waals surface area contributed by atoms with E-state index in [2.05, 4.69) is 26.2 Å². The number of nitrogens with two attached hydrogens (primary N) is 1. The van der Waals surface area contributed by atoms with Gasteiger partial charge >= 0.3 is 0 Å². The molecule has 2 atom stereocenters. The molecule has 2 aliphatic rings. The van der Waals surface area contributed by atoms with Gasteiger partial charge in [-0.3, -0.25) is 4.79 Å². The summed E-state index contributed by atoms with van der Waals surface area (Å²) in [5.74, 6) is 0.120. The van der Waals surface area contributed by atoms with Gasteiger partial charge in [0.2, 0.25) is 0 Å². The first-order valence-corrected chi connectivity index (χ1v) is 12.5. The number of nitrogens with zero attached hydrogens (tertiary/aromatic N) is 5. The molecule has 2 unspecified atom stereocenters. The Hall–Kier alpha value is -3.54. The summed E-state index contributed by atoms with van der Waals surface area (Å²) in [6, 6.07) is 5.91. The number of carbonyl (C=O) groups is 1. The molecule has 1 aliphatic heterocycles. The van der Waals surface area contributed by atoms with Gasteiger partial charge in [-0.05, 0) is 37.8 Å². The van der Waals surface area contributed by atoms with Gasteiger partial charge in [0.15, 0.2) is 5.65 Å². The molecule has 0 radical (unpaired) electrons. The zero-order valence-corrected chi connectivity index (χ0v) is 21.4. The molecule has 11 nitrogen and oxygen atoms in total. The fraction of sp³-hybridized carbons (Fsp3) is 0.462. The van der Waals surface area contributed by atoms with Gasteiger partial charge in [0.25, 0.3) is 5.91 Å². The van der Waals surface area contributed by atoms with Crippen molar-refractivity contribution in [3.8, 4) is 11.3 Å². The van der Waals surface area contributed by atoms with E-state index in [1.165, 1.54) is 25.5 Å². The maximum atomic E-state index is 11.9. The minimum atomic E-state index is -0.573. The number of hydrogen-bond donors (Lipinski definition) is 2. The van der Waals surface area contributed by atoms with Gasteiger partial charge in [0, 0.05) is 57.3 Å². The molecule has 3 N–H and O–H groups in total. The van der Waals surface area contributed by atoms with E-state index in [1.807, 2.05) is 18.2 Å². The monoisotopic (exact) mass is 507 g/mol. The maximum Gasteiger partial charge on any atom is 0.254 e. The van der Waals surface area contributed by atoms with Crippen LogP contribution in [0.25, 0.3) is 27.9 Å². The Labute approximate surface area is 214 Å². The van der Waals surface area contributed by atoms with E-state index in [-0.39, 0.29) is 17.7 Å². The lowest BCUT2D eigenvalue weighted by Crippen LogP contribution is -2.35. The van der Waals surface area contributed by atoms with Crippen molar-refractivity contribution in [3.63, 3.8) is 0 Å². The third kappa shape index (κ3) is 4.77. The molecule has 0 aromatic carbocycles. The number of nitrogens with one attached hydrogen (secondary N) is 1. The Morgan fingerprint density at radius 2 is 2.05 bits per heavy atom. The van der Waals surface area contributed by atoms with E-state index in [9.17, 15) is 4.79 Å². The van der Waals surface area contributed by atoms with Gasteiger partial charge in [0.05, 0.1) is 30.6 Å². The minimum Gasteiger partial charge on any atom is -0.381 e. The van der Waals surface area contributed by atoms with E-state index in [1.54, 1.807) is 32.0 Å². The standard InChI is InChI=1S/C21H23N7O3.C5H10O/c1-23-18-8-15(26-21-13(19(22)29)9-25-28(18)21)14-10-27(20-12(14)4-3-6-24-20)16-5-7-31-11-17(16)30-2;1-6-5-3-2-4-5/h3-4,6,8-10,16-17,23H,5,7,11H2,1-2H3,(H2,22,29);5H,2-4H2,1H3. The summed E-state index contributed by atoms with van der Waals surface area (Å²) in [5.41, 5.74) is 8.65. The topological polar surface area (TPSA) is 131 Å². The van der Waals surface area contributed by atoms with Crippen LogP contribution in [0.5, 0.6) is 0 Å². The molecule has 11 heteroatoms. The van der Waals surface area contributed by atoms with Crippen LogP contribution in [0, 0.1) is 0 Å². The summed E-state index contributed by atoms with van der Waals surface area (Å²) in [5, 5.41) is 8.33. The highest BCUT2D eigenvalue weighted by Crippen LogP contribution is 2.35. The molecule has 5 heterocycles. The van der Waals surface area contributed by atoms with Gasteiger partial charge in [-0.15, -0.1) is 0 Å². The molecule has 1 saturated carbocycles. The SMILES string of the molecule is CNc1cc(-c2cn(C3CCOCC3OC)c3ncccc23)nc2c(C(N)=O)cnn12.COC1CCC1. The summed E-state index contributed by atoms with van der Waals surface area (Å²) in [6.07, 6.45) is 10.6. The molecule has 196 valence electrons. The van der Waals surface area contributed by atoms with Crippen LogP contribution in [0.2, 0.25) is 0 Å². The van der Waals surface area contributed by atoms with Crippen molar-refractivity contribution in [1.29, 1.82) is 0 Å². The summed E-state index contributed by atoms with van der Waals surface area (Å²) in [7, 11) is 5.27. The Bertz CT molecular complexity index is 1390. The van der Waals surface area contributed by atoms with E-state index in [0.29, 0.717) is 36.5 Å². The number of fused-ring (bicyclic) bond motifs is 2. The predicted octanol–water partition coefficient (Wildman–Crippen LogP) is 3.05. The fourth-order valence-electron chi connectivity index (χ4n) is 4.84. The number of methoxy groups -OCH3 is 2. The number of rotatable bonds is 6. The van der Waals surface area contributed by atoms with E-state index >= 15 is 0 Å². The normalized spacial score (nSPS) is 19.9. The Morgan fingerprint density at radius 3 is 2.70 bits per heavy atom. The fourth-order valence-corrected chi connectivity index (χ4v) is 4.84. The van der Waals surface area contributed by atoms with Crippen LogP contribution in [0.15, 0.2) is 36.8 Å². The highest BCUT2D eigenvalue weighted by molar-refractivity contribution is 6.00. The molecule has 0 bridgehead atoms. The van der Waals surface area contributed by atoms with Crippen LogP contribution >= 0.6 is 0 Å². The maximum absolute atomic E-state index is 11.9. The third-order valence-corrected chi connectivity index (χ3v) is 7.17. The number of amides is 1. The van der Waals surface area contributed by atoms with Gasteiger partial charge in [-0.25, -0.2) is 9.97 Å². The lowest BCUT2D eigenvalue weighted by molar-refractivity contribution is -0.0592. The van der Waals surface area contributed by atoms with Crippen LogP contribution in [0.3, 0.4) is 0 Å². The molecular weight excluding hydrogens is 474 g/mol. The first kappa shape index (κ1) is 25.1. The highest BCUT2D eigenvalue weighted by atomic mass is 16.5. The zero-order valence-electron chi connectivity index (χ0n) is 21.4. The van der Waals surface area contributed by atoms with Crippen LogP contribution in [-0.4, -0.2) is 76.7 Å². The first-order valence-electron chi connectivity index (χ1n) is 12.5. The third-order valence-electron chi connectivity index (χ3n) is 7.17. The van der Waals surface area contributed by atoms with Crippen LogP contribution in [0.1, 0.15) is 42.1 Å². The highest BCUT2D eigenvalue weighted by Gasteiger charge is 2.29. The molecule has 2 fully saturated rings. The number of anilines is 1. The number of primary amides is 1. The molecule has 0 spiro atoms. The smallest absolute Gasteiger partial charge is 0.254 e. The molecule has 1 aliphatic carbocycles. The number of hydrogen-bond acceptors (Lipinski definition) is 8. The van der Waals surface area contributed by atoms with Crippen molar-refractivity contribution in [3.05, 3.63) is 42.4 Å². The van der Waals surface area contributed by atoms with Crippen molar-refractivity contribution in [2.24, 2.45) is 5.73 Å². The Balaban J connectivity index is 0.000000412. The second-order valence-corrected chi connectivity index (χ2v) is 9.25.